The van der Waals surface area contributed by atoms with Crippen LogP contribution in [0.2, 0.25) is 0 Å². The molecule has 0 spiro atoms. The van der Waals surface area contributed by atoms with Gasteiger partial charge in [0.2, 0.25) is 0 Å². The maximum atomic E-state index is 11.2. The molecule has 96 valence electrons. The molecular formula is C11H18BrN3O2. The number of likely N-dealkylation sites (N-methyl/N-ethyl adjacent to an activating group) is 1. The first kappa shape index (κ1) is 14.2. The standard InChI is InChI=1S/C11H18BrN3O2/c1-5-15-9(11(12)8(2)13-15)6-14(3)7-10(16)17-4/h5-7H2,1-4H3. The first-order valence-electron chi connectivity index (χ1n) is 5.46. The number of carbonyl (C=O) groups excluding carboxylic acids is 1. The molecule has 0 aliphatic rings. The molecular weight excluding hydrogens is 286 g/mol. The van der Waals surface area contributed by atoms with E-state index >= 15 is 0 Å². The van der Waals surface area contributed by atoms with Crippen molar-refractivity contribution in [3.63, 3.8) is 0 Å². The molecule has 0 atom stereocenters. The van der Waals surface area contributed by atoms with Crippen LogP contribution in [0.1, 0.15) is 18.3 Å². The molecule has 0 saturated heterocycles. The van der Waals surface area contributed by atoms with Gasteiger partial charge in [-0.2, -0.15) is 5.10 Å². The lowest BCUT2D eigenvalue weighted by Crippen LogP contribution is -2.27. The minimum Gasteiger partial charge on any atom is -0.468 e. The van der Waals surface area contributed by atoms with E-state index in [4.69, 9.17) is 0 Å². The Bertz CT molecular complexity index is 404. The molecule has 6 heteroatoms. The van der Waals surface area contributed by atoms with Crippen LogP contribution in [0.15, 0.2) is 4.47 Å². The molecule has 0 radical (unpaired) electrons. The quantitative estimate of drug-likeness (QED) is 0.775. The van der Waals surface area contributed by atoms with Gasteiger partial charge >= 0.3 is 5.97 Å². The van der Waals surface area contributed by atoms with Crippen LogP contribution in [0.4, 0.5) is 0 Å². The molecule has 1 heterocycles. The summed E-state index contributed by atoms with van der Waals surface area (Å²) < 4.78 is 7.58. The molecule has 0 saturated carbocycles. The van der Waals surface area contributed by atoms with E-state index in [2.05, 4.69) is 25.8 Å². The number of methoxy groups -OCH3 is 1. The smallest absolute Gasteiger partial charge is 0.319 e. The number of nitrogens with zero attached hydrogens (tertiary/aromatic N) is 3. The summed E-state index contributed by atoms with van der Waals surface area (Å²) in [7, 11) is 3.28. The molecule has 17 heavy (non-hydrogen) atoms. The van der Waals surface area contributed by atoms with Gasteiger partial charge in [-0.15, -0.1) is 0 Å². The molecule has 5 nitrogen and oxygen atoms in total. The van der Waals surface area contributed by atoms with Crippen molar-refractivity contribution in [2.24, 2.45) is 0 Å². The Balaban J connectivity index is 2.76. The lowest BCUT2D eigenvalue weighted by molar-refractivity contribution is -0.141. The summed E-state index contributed by atoms with van der Waals surface area (Å²) in [5.41, 5.74) is 2.05. The van der Waals surface area contributed by atoms with Crippen molar-refractivity contribution in [1.82, 2.24) is 14.7 Å². The minimum atomic E-state index is -0.233. The number of halogens is 1. The summed E-state index contributed by atoms with van der Waals surface area (Å²) in [6, 6.07) is 0. The number of esters is 1. The summed E-state index contributed by atoms with van der Waals surface area (Å²) in [5, 5.41) is 4.41. The fourth-order valence-corrected chi connectivity index (χ4v) is 2.03. The van der Waals surface area contributed by atoms with E-state index in [1.165, 1.54) is 7.11 Å². The predicted molar refractivity (Wildman–Crippen MR) is 68.7 cm³/mol. The lowest BCUT2D eigenvalue weighted by Gasteiger charge is -2.16. The van der Waals surface area contributed by atoms with Gasteiger partial charge in [0.05, 0.1) is 29.5 Å². The van der Waals surface area contributed by atoms with Gasteiger partial charge in [0.15, 0.2) is 0 Å². The van der Waals surface area contributed by atoms with E-state index in [0.29, 0.717) is 6.54 Å². The Morgan fingerprint density at radius 2 is 2.24 bits per heavy atom. The number of ether oxygens (including phenoxy) is 1. The number of aryl methyl sites for hydroxylation is 2. The molecule has 1 aromatic rings. The van der Waals surface area contributed by atoms with Crippen molar-refractivity contribution in [3.05, 3.63) is 15.9 Å². The van der Waals surface area contributed by atoms with Crippen LogP contribution in [-0.4, -0.2) is 41.4 Å². The van der Waals surface area contributed by atoms with Gasteiger partial charge in [0.1, 0.15) is 0 Å². The van der Waals surface area contributed by atoms with Crippen LogP contribution < -0.4 is 0 Å². The molecule has 0 N–H and O–H groups in total. The van der Waals surface area contributed by atoms with Crippen LogP contribution >= 0.6 is 15.9 Å². The fraction of sp³-hybridized carbons (Fsp3) is 0.636. The van der Waals surface area contributed by atoms with Crippen molar-refractivity contribution in [2.75, 3.05) is 20.7 Å². The predicted octanol–water partition coefficient (Wildman–Crippen LogP) is 1.58. The number of hydrogen-bond donors (Lipinski definition) is 0. The molecule has 0 unspecified atom stereocenters. The zero-order valence-electron chi connectivity index (χ0n) is 10.7. The molecule has 0 amide bonds. The highest BCUT2D eigenvalue weighted by atomic mass is 79.9. The largest absolute Gasteiger partial charge is 0.468 e. The topological polar surface area (TPSA) is 47.4 Å². The van der Waals surface area contributed by atoms with Crippen molar-refractivity contribution >= 4 is 21.9 Å². The number of rotatable bonds is 5. The molecule has 1 rings (SSSR count). The second-order valence-corrected chi connectivity index (χ2v) is 4.70. The maximum absolute atomic E-state index is 11.2. The Morgan fingerprint density at radius 3 is 2.76 bits per heavy atom. The second-order valence-electron chi connectivity index (χ2n) is 3.91. The zero-order chi connectivity index (χ0) is 13.0. The molecule has 1 aromatic heterocycles. The van der Waals surface area contributed by atoms with Crippen LogP contribution in [0.5, 0.6) is 0 Å². The number of aromatic nitrogens is 2. The van der Waals surface area contributed by atoms with E-state index in [9.17, 15) is 4.79 Å². The number of carbonyl (C=O) groups is 1. The Morgan fingerprint density at radius 1 is 1.59 bits per heavy atom. The third kappa shape index (κ3) is 3.54. The van der Waals surface area contributed by atoms with Gasteiger partial charge in [0, 0.05) is 13.1 Å². The van der Waals surface area contributed by atoms with Gasteiger partial charge in [-0.25, -0.2) is 0 Å². The van der Waals surface area contributed by atoms with E-state index < -0.39 is 0 Å². The summed E-state index contributed by atoms with van der Waals surface area (Å²) in [6.07, 6.45) is 0. The summed E-state index contributed by atoms with van der Waals surface area (Å²) in [5.74, 6) is -0.233. The van der Waals surface area contributed by atoms with E-state index in [-0.39, 0.29) is 12.5 Å². The zero-order valence-corrected chi connectivity index (χ0v) is 12.2. The molecule has 0 aliphatic heterocycles. The van der Waals surface area contributed by atoms with Crippen molar-refractivity contribution in [1.29, 1.82) is 0 Å². The third-order valence-electron chi connectivity index (χ3n) is 2.50. The van der Waals surface area contributed by atoms with Gasteiger partial charge < -0.3 is 4.74 Å². The molecule has 0 aliphatic carbocycles. The van der Waals surface area contributed by atoms with Crippen LogP contribution in [0.25, 0.3) is 0 Å². The van der Waals surface area contributed by atoms with E-state index in [1.54, 1.807) is 0 Å². The lowest BCUT2D eigenvalue weighted by atomic mass is 10.3. The normalized spacial score (nSPS) is 10.9. The van der Waals surface area contributed by atoms with Crippen LogP contribution in [-0.2, 0) is 22.6 Å². The molecule has 0 bridgehead atoms. The first-order chi connectivity index (χ1) is 7.99. The maximum Gasteiger partial charge on any atom is 0.319 e. The first-order valence-corrected chi connectivity index (χ1v) is 6.26. The van der Waals surface area contributed by atoms with E-state index in [1.807, 2.05) is 30.5 Å². The Hall–Kier alpha value is -0.880. The minimum absolute atomic E-state index is 0.233. The Kier molecular flexibility index (Phi) is 5.14. The Labute approximate surface area is 110 Å². The molecule has 0 aromatic carbocycles. The van der Waals surface area contributed by atoms with Crippen LogP contribution in [0, 0.1) is 6.92 Å². The fourth-order valence-electron chi connectivity index (χ4n) is 1.62. The van der Waals surface area contributed by atoms with Gasteiger partial charge in [-0.05, 0) is 36.8 Å². The third-order valence-corrected chi connectivity index (χ3v) is 3.53. The van der Waals surface area contributed by atoms with Gasteiger partial charge in [-0.3, -0.25) is 14.4 Å². The SMILES string of the molecule is CCn1nc(C)c(Br)c1CN(C)CC(=O)OC. The van der Waals surface area contributed by atoms with Gasteiger partial charge in [0.25, 0.3) is 0 Å². The van der Waals surface area contributed by atoms with Gasteiger partial charge in [-0.1, -0.05) is 0 Å². The van der Waals surface area contributed by atoms with Crippen molar-refractivity contribution in [3.8, 4) is 0 Å². The average molecular weight is 304 g/mol. The highest BCUT2D eigenvalue weighted by molar-refractivity contribution is 9.10. The van der Waals surface area contributed by atoms with Crippen LogP contribution in [0.3, 0.4) is 0 Å². The monoisotopic (exact) mass is 303 g/mol. The summed E-state index contributed by atoms with van der Waals surface area (Å²) in [6.45, 7) is 5.75. The van der Waals surface area contributed by atoms with Crippen molar-refractivity contribution in [2.45, 2.75) is 26.9 Å². The second kappa shape index (κ2) is 6.16. The highest BCUT2D eigenvalue weighted by Crippen LogP contribution is 2.22. The summed E-state index contributed by atoms with van der Waals surface area (Å²) >= 11 is 3.53. The average Bonchev–Trinajstić information content (AvgIpc) is 2.56. The number of hydrogen-bond acceptors (Lipinski definition) is 4. The van der Waals surface area contributed by atoms with Crippen molar-refractivity contribution < 1.29 is 9.53 Å². The highest BCUT2D eigenvalue weighted by Gasteiger charge is 2.15. The summed E-state index contributed by atoms with van der Waals surface area (Å²) in [4.78, 5) is 13.1. The van der Waals surface area contributed by atoms with E-state index in [0.717, 1.165) is 22.4 Å². The molecule has 0 fully saturated rings.